The first-order valence-electron chi connectivity index (χ1n) is 8.25. The summed E-state index contributed by atoms with van der Waals surface area (Å²) >= 11 is 1.88. The Bertz CT molecular complexity index is 1180. The molecule has 0 aliphatic carbocycles. The predicted octanol–water partition coefficient (Wildman–Crippen LogP) is 6.80. The lowest BCUT2D eigenvalue weighted by Gasteiger charge is -2.05. The van der Waals surface area contributed by atoms with Crippen LogP contribution in [0.1, 0.15) is 11.1 Å². The van der Waals surface area contributed by atoms with E-state index in [2.05, 4.69) is 84.9 Å². The fourth-order valence-electron chi connectivity index (χ4n) is 3.47. The van der Waals surface area contributed by atoms with Crippen molar-refractivity contribution in [3.8, 4) is 0 Å². The largest absolute Gasteiger partial charge is 0.135 e. The maximum Gasteiger partial charge on any atom is 0.0355 e. The van der Waals surface area contributed by atoms with Crippen LogP contribution in [0.2, 0.25) is 0 Å². The summed E-state index contributed by atoms with van der Waals surface area (Å²) < 4.78 is 2.74. The van der Waals surface area contributed by atoms with E-state index in [1.54, 1.807) is 0 Å². The molecule has 0 fully saturated rings. The van der Waals surface area contributed by atoms with E-state index in [4.69, 9.17) is 0 Å². The number of hydrogen-bond acceptors (Lipinski definition) is 1. The van der Waals surface area contributed by atoms with Crippen LogP contribution in [0.5, 0.6) is 0 Å². The van der Waals surface area contributed by atoms with Gasteiger partial charge in [0.15, 0.2) is 0 Å². The number of hydrogen-bond donors (Lipinski definition) is 0. The molecule has 0 aliphatic heterocycles. The molecule has 0 unspecified atom stereocenters. The van der Waals surface area contributed by atoms with Crippen LogP contribution in [0, 0.1) is 0 Å². The second-order valence-corrected chi connectivity index (χ2v) is 7.37. The Balaban J connectivity index is 1.59. The van der Waals surface area contributed by atoms with Gasteiger partial charge in [-0.1, -0.05) is 66.7 Å². The summed E-state index contributed by atoms with van der Waals surface area (Å²) in [6.45, 7) is 0. The first-order chi connectivity index (χ1) is 11.9. The van der Waals surface area contributed by atoms with E-state index in [1.807, 2.05) is 11.3 Å². The highest BCUT2D eigenvalue weighted by atomic mass is 32.1. The van der Waals surface area contributed by atoms with Crippen molar-refractivity contribution in [2.75, 3.05) is 0 Å². The van der Waals surface area contributed by atoms with Crippen LogP contribution < -0.4 is 0 Å². The van der Waals surface area contributed by atoms with Crippen molar-refractivity contribution in [3.63, 3.8) is 0 Å². The number of fused-ring (bicyclic) bond motifs is 4. The van der Waals surface area contributed by atoms with Crippen molar-refractivity contribution in [1.29, 1.82) is 0 Å². The van der Waals surface area contributed by atoms with E-state index >= 15 is 0 Å². The quantitative estimate of drug-likeness (QED) is 0.335. The van der Waals surface area contributed by atoms with Gasteiger partial charge < -0.3 is 0 Å². The molecule has 0 bridgehead atoms. The van der Waals surface area contributed by atoms with Gasteiger partial charge in [0.05, 0.1) is 0 Å². The first kappa shape index (κ1) is 13.8. The monoisotopic (exact) mass is 324 g/mol. The van der Waals surface area contributed by atoms with Crippen LogP contribution >= 0.6 is 11.3 Å². The lowest BCUT2D eigenvalue weighted by Crippen LogP contribution is -1.88. The molecule has 0 aliphatic rings. The van der Waals surface area contributed by atoms with Crippen molar-refractivity contribution < 1.29 is 0 Å². The van der Waals surface area contributed by atoms with Crippen LogP contribution in [0.25, 0.3) is 30.9 Å². The number of benzene rings is 4. The highest BCUT2D eigenvalue weighted by Crippen LogP contribution is 2.34. The normalized spacial score (nSPS) is 11.5. The summed E-state index contributed by atoms with van der Waals surface area (Å²) in [6.07, 6.45) is 0.977. The highest BCUT2D eigenvalue weighted by Gasteiger charge is 2.06. The number of rotatable bonds is 2. The maximum atomic E-state index is 2.36. The zero-order valence-electron chi connectivity index (χ0n) is 13.2. The summed E-state index contributed by atoms with van der Waals surface area (Å²) in [5.41, 5.74) is 2.74. The second-order valence-electron chi connectivity index (χ2n) is 6.29. The van der Waals surface area contributed by atoms with Crippen molar-refractivity contribution in [2.24, 2.45) is 0 Å². The molecule has 1 heterocycles. The first-order valence-corrected chi connectivity index (χ1v) is 9.06. The minimum absolute atomic E-state index is 0.977. The molecule has 1 heteroatoms. The molecule has 0 N–H and O–H groups in total. The van der Waals surface area contributed by atoms with E-state index in [9.17, 15) is 0 Å². The molecule has 0 spiro atoms. The second kappa shape index (κ2) is 5.47. The molecule has 0 saturated carbocycles. The maximum absolute atomic E-state index is 2.36. The van der Waals surface area contributed by atoms with Crippen LogP contribution in [-0.2, 0) is 6.42 Å². The standard InChI is InChI=1S/C23H16S/c1-2-6-19-14-16(9-11-18(19)5-1)13-17-10-12-23-21(15-17)20-7-3-4-8-22(20)24-23/h1-12,14-15H,13H2. The minimum atomic E-state index is 0.977. The Morgan fingerprint density at radius 3 is 2.21 bits per heavy atom. The Hall–Kier alpha value is -2.64. The van der Waals surface area contributed by atoms with E-state index < -0.39 is 0 Å². The molecule has 4 aromatic carbocycles. The van der Waals surface area contributed by atoms with Crippen LogP contribution in [0.4, 0.5) is 0 Å². The molecule has 5 rings (SSSR count). The van der Waals surface area contributed by atoms with Gasteiger partial charge in [-0.3, -0.25) is 0 Å². The predicted molar refractivity (Wildman–Crippen MR) is 106 cm³/mol. The molecule has 0 amide bonds. The molecule has 0 radical (unpaired) electrons. The minimum Gasteiger partial charge on any atom is -0.135 e. The zero-order valence-corrected chi connectivity index (χ0v) is 14.0. The molecule has 0 atom stereocenters. The Morgan fingerprint density at radius 1 is 0.542 bits per heavy atom. The van der Waals surface area contributed by atoms with Gasteiger partial charge in [0.1, 0.15) is 0 Å². The van der Waals surface area contributed by atoms with Gasteiger partial charge >= 0.3 is 0 Å². The highest BCUT2D eigenvalue weighted by molar-refractivity contribution is 7.25. The van der Waals surface area contributed by atoms with E-state index in [0.29, 0.717) is 0 Å². The lowest BCUT2D eigenvalue weighted by molar-refractivity contribution is 1.21. The van der Waals surface area contributed by atoms with Crippen molar-refractivity contribution in [3.05, 3.63) is 96.1 Å². The smallest absolute Gasteiger partial charge is 0.0355 e. The van der Waals surface area contributed by atoms with E-state index in [1.165, 1.54) is 42.1 Å². The Kier molecular flexibility index (Phi) is 3.14. The van der Waals surface area contributed by atoms with Crippen molar-refractivity contribution in [1.82, 2.24) is 0 Å². The molecule has 114 valence electrons. The topological polar surface area (TPSA) is 0 Å². The third kappa shape index (κ3) is 2.29. The van der Waals surface area contributed by atoms with Gasteiger partial charge in [-0.25, -0.2) is 0 Å². The average molecular weight is 324 g/mol. The fraction of sp³-hybridized carbons (Fsp3) is 0.0435. The molecule has 5 aromatic rings. The Labute approximate surface area is 145 Å². The molecular weight excluding hydrogens is 308 g/mol. The third-order valence-electron chi connectivity index (χ3n) is 4.66. The SMILES string of the molecule is c1ccc2cc(Cc3ccc4sc5ccccc5c4c3)ccc2c1. The summed E-state index contributed by atoms with van der Waals surface area (Å²) in [6, 6.07) is 30.9. The van der Waals surface area contributed by atoms with Crippen molar-refractivity contribution in [2.45, 2.75) is 6.42 Å². The van der Waals surface area contributed by atoms with E-state index in [-0.39, 0.29) is 0 Å². The van der Waals surface area contributed by atoms with Gasteiger partial charge in [-0.05, 0) is 46.5 Å². The number of thiophene rings is 1. The van der Waals surface area contributed by atoms with E-state index in [0.717, 1.165) is 6.42 Å². The molecule has 1 aromatic heterocycles. The summed E-state index contributed by atoms with van der Waals surface area (Å²) in [7, 11) is 0. The zero-order chi connectivity index (χ0) is 15.9. The van der Waals surface area contributed by atoms with Gasteiger partial charge in [-0.2, -0.15) is 0 Å². The summed E-state index contributed by atoms with van der Waals surface area (Å²) in [5, 5.41) is 5.38. The van der Waals surface area contributed by atoms with Gasteiger partial charge in [-0.15, -0.1) is 11.3 Å². The van der Waals surface area contributed by atoms with Crippen LogP contribution in [0.3, 0.4) is 0 Å². The van der Waals surface area contributed by atoms with Crippen molar-refractivity contribution >= 4 is 42.3 Å². The molecule has 0 saturated heterocycles. The van der Waals surface area contributed by atoms with Crippen LogP contribution in [-0.4, -0.2) is 0 Å². The molecule has 0 nitrogen and oxygen atoms in total. The van der Waals surface area contributed by atoms with Gasteiger partial charge in [0.25, 0.3) is 0 Å². The lowest BCUT2D eigenvalue weighted by atomic mass is 10.00. The van der Waals surface area contributed by atoms with Gasteiger partial charge in [0, 0.05) is 20.2 Å². The summed E-state index contributed by atoms with van der Waals surface area (Å²) in [5.74, 6) is 0. The average Bonchev–Trinajstić information content (AvgIpc) is 3.00. The Morgan fingerprint density at radius 2 is 1.25 bits per heavy atom. The third-order valence-corrected chi connectivity index (χ3v) is 5.82. The van der Waals surface area contributed by atoms with Crippen LogP contribution in [0.15, 0.2) is 84.9 Å². The molecule has 24 heavy (non-hydrogen) atoms. The summed E-state index contributed by atoms with van der Waals surface area (Å²) in [4.78, 5) is 0. The fourth-order valence-corrected chi connectivity index (χ4v) is 4.55. The molecular formula is C23H16S. The van der Waals surface area contributed by atoms with Gasteiger partial charge in [0.2, 0.25) is 0 Å².